The number of nitro benzene ring substituents is 1. The number of hydrogen-bond donors (Lipinski definition) is 2. The zero-order valence-corrected chi connectivity index (χ0v) is 17.2. The molecule has 2 aromatic heterocycles. The lowest BCUT2D eigenvalue weighted by Crippen LogP contribution is -2.37. The predicted molar refractivity (Wildman–Crippen MR) is 114 cm³/mol. The molecule has 0 saturated heterocycles. The first-order chi connectivity index (χ1) is 14.8. The fraction of sp³-hybridized carbons (Fsp3) is 0.368. The van der Waals surface area contributed by atoms with Gasteiger partial charge in [-0.2, -0.15) is 0 Å². The molecule has 0 spiro atoms. The summed E-state index contributed by atoms with van der Waals surface area (Å²) in [6, 6.07) is 6.03. The Morgan fingerprint density at radius 3 is 2.52 bits per heavy atom. The topological polar surface area (TPSA) is 146 Å². The molecular weight excluding hydrogens is 406 g/mol. The lowest BCUT2D eigenvalue weighted by atomic mass is 10.3. The van der Waals surface area contributed by atoms with Crippen LogP contribution in [0.2, 0.25) is 0 Å². The Labute approximate surface area is 176 Å². The second-order valence-corrected chi connectivity index (χ2v) is 7.00. The second kappa shape index (κ2) is 9.24. The predicted octanol–water partition coefficient (Wildman–Crippen LogP) is 0.350. The summed E-state index contributed by atoms with van der Waals surface area (Å²) in [5.74, 6) is -0.129. The minimum Gasteiger partial charge on any atom is -0.383 e. The molecule has 1 amide bonds. The Morgan fingerprint density at radius 1 is 1.13 bits per heavy atom. The number of carbonyl (C=O) groups is 1. The Bertz CT molecular complexity index is 1220. The molecule has 3 rings (SSSR count). The fourth-order valence-corrected chi connectivity index (χ4v) is 3.17. The molecule has 0 saturated carbocycles. The van der Waals surface area contributed by atoms with Gasteiger partial charge < -0.3 is 15.2 Å². The molecule has 3 aromatic rings. The standard InChI is InChI=1S/C19H23N7O5/c1-23-17-16(18(28)24(2)19(23)29)25(12-22-17)11-3-4-15(27)21-10-9-20-13-5-7-14(8-6-13)26(30)31/h5-8,12,20H,3-4,9-11H2,1-2H3,(H,21,27). The number of imidazole rings is 1. The van der Waals surface area contributed by atoms with E-state index in [-0.39, 0.29) is 18.0 Å². The van der Waals surface area contributed by atoms with Crippen molar-refractivity contribution < 1.29 is 9.72 Å². The van der Waals surface area contributed by atoms with Crippen LogP contribution in [0.15, 0.2) is 40.2 Å². The highest BCUT2D eigenvalue weighted by molar-refractivity contribution is 5.76. The molecule has 0 radical (unpaired) electrons. The number of aryl methyl sites for hydroxylation is 2. The van der Waals surface area contributed by atoms with Crippen LogP contribution in [0.4, 0.5) is 11.4 Å². The number of rotatable bonds is 9. The van der Waals surface area contributed by atoms with Gasteiger partial charge in [-0.3, -0.25) is 28.8 Å². The van der Waals surface area contributed by atoms with Crippen LogP contribution in [-0.2, 0) is 25.4 Å². The zero-order chi connectivity index (χ0) is 22.5. The van der Waals surface area contributed by atoms with E-state index < -0.39 is 16.2 Å². The van der Waals surface area contributed by atoms with E-state index in [0.717, 1.165) is 10.3 Å². The first-order valence-corrected chi connectivity index (χ1v) is 9.65. The van der Waals surface area contributed by atoms with Crippen LogP contribution in [0.3, 0.4) is 0 Å². The number of nitrogens with zero attached hydrogens (tertiary/aromatic N) is 5. The van der Waals surface area contributed by atoms with Gasteiger partial charge in [0.15, 0.2) is 11.2 Å². The number of anilines is 1. The monoisotopic (exact) mass is 429 g/mol. The maximum absolute atomic E-state index is 12.4. The number of hydrogen-bond acceptors (Lipinski definition) is 7. The fourth-order valence-electron chi connectivity index (χ4n) is 3.17. The van der Waals surface area contributed by atoms with Gasteiger partial charge in [0, 0.05) is 58.0 Å². The smallest absolute Gasteiger partial charge is 0.332 e. The summed E-state index contributed by atoms with van der Waals surface area (Å²) < 4.78 is 4.00. The van der Waals surface area contributed by atoms with Crippen molar-refractivity contribution in [2.45, 2.75) is 19.4 Å². The number of benzene rings is 1. The SMILES string of the molecule is Cn1c(=O)c2c(ncn2CCCC(=O)NCCNc2ccc([N+](=O)[O-])cc2)n(C)c1=O. The van der Waals surface area contributed by atoms with Crippen molar-refractivity contribution in [1.82, 2.24) is 24.0 Å². The molecular formula is C19H23N7O5. The lowest BCUT2D eigenvalue weighted by Gasteiger charge is -2.09. The quantitative estimate of drug-likeness (QED) is 0.283. The van der Waals surface area contributed by atoms with Crippen molar-refractivity contribution in [3.63, 3.8) is 0 Å². The van der Waals surface area contributed by atoms with Gasteiger partial charge in [-0.05, 0) is 18.6 Å². The normalized spacial score (nSPS) is 10.9. The van der Waals surface area contributed by atoms with Crippen LogP contribution >= 0.6 is 0 Å². The Morgan fingerprint density at radius 2 is 1.84 bits per heavy atom. The number of nitrogens with one attached hydrogen (secondary N) is 2. The van der Waals surface area contributed by atoms with Crippen molar-refractivity contribution >= 4 is 28.4 Å². The van der Waals surface area contributed by atoms with Crippen LogP contribution in [0.5, 0.6) is 0 Å². The molecule has 0 unspecified atom stereocenters. The third-order valence-corrected chi connectivity index (χ3v) is 4.87. The highest BCUT2D eigenvalue weighted by Gasteiger charge is 2.14. The summed E-state index contributed by atoms with van der Waals surface area (Å²) in [6.07, 6.45) is 2.26. The molecule has 164 valence electrons. The third-order valence-electron chi connectivity index (χ3n) is 4.87. The van der Waals surface area contributed by atoms with E-state index in [4.69, 9.17) is 0 Å². The van der Waals surface area contributed by atoms with Crippen molar-refractivity contribution in [1.29, 1.82) is 0 Å². The van der Waals surface area contributed by atoms with Crippen molar-refractivity contribution in [3.8, 4) is 0 Å². The van der Waals surface area contributed by atoms with E-state index in [2.05, 4.69) is 15.6 Å². The highest BCUT2D eigenvalue weighted by atomic mass is 16.6. The molecule has 0 atom stereocenters. The molecule has 0 fully saturated rings. The molecule has 0 aliphatic carbocycles. The Hall–Kier alpha value is -3.96. The molecule has 31 heavy (non-hydrogen) atoms. The van der Waals surface area contributed by atoms with Gasteiger partial charge in [0.2, 0.25) is 5.91 Å². The molecule has 2 heterocycles. The van der Waals surface area contributed by atoms with E-state index in [1.54, 1.807) is 23.7 Å². The first-order valence-electron chi connectivity index (χ1n) is 9.65. The van der Waals surface area contributed by atoms with Crippen LogP contribution in [-0.4, -0.2) is 42.6 Å². The molecule has 2 N–H and O–H groups in total. The van der Waals surface area contributed by atoms with Crippen LogP contribution in [0, 0.1) is 10.1 Å². The van der Waals surface area contributed by atoms with Crippen molar-refractivity contribution in [2.75, 3.05) is 18.4 Å². The van der Waals surface area contributed by atoms with Gasteiger partial charge in [-0.1, -0.05) is 0 Å². The van der Waals surface area contributed by atoms with Gasteiger partial charge >= 0.3 is 5.69 Å². The Kier molecular flexibility index (Phi) is 6.48. The second-order valence-electron chi connectivity index (χ2n) is 7.00. The number of aromatic nitrogens is 4. The molecule has 12 heteroatoms. The molecule has 0 aliphatic heterocycles. The van der Waals surface area contributed by atoms with E-state index in [1.165, 1.54) is 30.1 Å². The van der Waals surface area contributed by atoms with E-state index >= 15 is 0 Å². The van der Waals surface area contributed by atoms with Gasteiger partial charge in [0.25, 0.3) is 11.2 Å². The average Bonchev–Trinajstić information content (AvgIpc) is 3.18. The lowest BCUT2D eigenvalue weighted by molar-refractivity contribution is -0.384. The van der Waals surface area contributed by atoms with Crippen LogP contribution in [0.1, 0.15) is 12.8 Å². The maximum Gasteiger partial charge on any atom is 0.332 e. The van der Waals surface area contributed by atoms with Crippen LogP contribution in [0.25, 0.3) is 11.2 Å². The van der Waals surface area contributed by atoms with Gasteiger partial charge in [-0.15, -0.1) is 0 Å². The maximum atomic E-state index is 12.4. The van der Waals surface area contributed by atoms with E-state index in [0.29, 0.717) is 37.2 Å². The average molecular weight is 429 g/mol. The number of fused-ring (bicyclic) bond motifs is 1. The van der Waals surface area contributed by atoms with Crippen molar-refractivity contribution in [3.05, 3.63) is 61.5 Å². The van der Waals surface area contributed by atoms with Gasteiger partial charge in [0.1, 0.15) is 0 Å². The first kappa shape index (κ1) is 21.7. The van der Waals surface area contributed by atoms with E-state index in [1.807, 2.05) is 0 Å². The molecule has 0 aliphatic rings. The third kappa shape index (κ3) is 4.79. The van der Waals surface area contributed by atoms with Crippen molar-refractivity contribution in [2.24, 2.45) is 14.1 Å². The van der Waals surface area contributed by atoms with Gasteiger partial charge in [-0.25, -0.2) is 9.78 Å². The summed E-state index contributed by atoms with van der Waals surface area (Å²) in [4.78, 5) is 50.7. The minimum atomic E-state index is -0.463. The summed E-state index contributed by atoms with van der Waals surface area (Å²) in [5, 5.41) is 16.5. The summed E-state index contributed by atoms with van der Waals surface area (Å²) in [5.41, 5.74) is 0.529. The van der Waals surface area contributed by atoms with Gasteiger partial charge in [0.05, 0.1) is 11.3 Å². The summed E-state index contributed by atoms with van der Waals surface area (Å²) in [7, 11) is 2.97. The number of carbonyl (C=O) groups excluding carboxylic acids is 1. The number of nitro groups is 1. The minimum absolute atomic E-state index is 0.0181. The highest BCUT2D eigenvalue weighted by Crippen LogP contribution is 2.14. The summed E-state index contributed by atoms with van der Waals surface area (Å²) in [6.45, 7) is 1.28. The molecule has 0 bridgehead atoms. The zero-order valence-electron chi connectivity index (χ0n) is 17.2. The largest absolute Gasteiger partial charge is 0.383 e. The Balaban J connectivity index is 1.45. The molecule has 1 aromatic carbocycles. The number of amides is 1. The molecule has 12 nitrogen and oxygen atoms in total. The number of non-ortho nitro benzene ring substituents is 1. The summed E-state index contributed by atoms with van der Waals surface area (Å²) >= 11 is 0. The van der Waals surface area contributed by atoms with E-state index in [9.17, 15) is 24.5 Å². The van der Waals surface area contributed by atoms with Crippen LogP contribution < -0.4 is 21.9 Å².